The second-order valence-corrected chi connectivity index (χ2v) is 5.87. The Morgan fingerprint density at radius 3 is 2.90 bits per heavy atom. The minimum Gasteiger partial charge on any atom is -0.481 e. The normalized spacial score (nSPS) is 22.1. The molecule has 1 saturated heterocycles. The maximum absolute atomic E-state index is 12.5. The van der Waals surface area contributed by atoms with Gasteiger partial charge in [-0.2, -0.15) is 0 Å². The van der Waals surface area contributed by atoms with Crippen molar-refractivity contribution < 1.29 is 14.7 Å². The molecule has 1 atom stereocenters. The molecule has 0 aliphatic carbocycles. The van der Waals surface area contributed by atoms with Gasteiger partial charge in [0, 0.05) is 19.3 Å². The van der Waals surface area contributed by atoms with E-state index in [-0.39, 0.29) is 17.6 Å². The van der Waals surface area contributed by atoms with Crippen molar-refractivity contribution >= 4 is 23.5 Å². The molecular weight excluding hydrogens is 292 g/mol. The predicted molar refractivity (Wildman–Crippen MR) is 79.4 cm³/mol. The Morgan fingerprint density at radius 1 is 1.52 bits per heavy atom. The highest BCUT2D eigenvalue weighted by Crippen LogP contribution is 2.35. The number of rotatable bonds is 4. The summed E-state index contributed by atoms with van der Waals surface area (Å²) in [6, 6.07) is 3.27. The number of likely N-dealkylation sites (tertiary alicyclic amines) is 1. The third-order valence-corrected chi connectivity index (χ3v) is 4.34. The second-order valence-electron chi connectivity index (χ2n) is 5.51. The molecule has 1 aliphatic heterocycles. The Bertz CT molecular complexity index is 545. The molecule has 1 N–H and O–H groups in total. The Kier molecular flexibility index (Phi) is 4.83. The Balaban J connectivity index is 2.23. The molecule has 6 heteroatoms. The number of carbonyl (C=O) groups excluding carboxylic acids is 1. The quantitative estimate of drug-likeness (QED) is 0.868. The molecule has 1 aliphatic rings. The molecule has 2 rings (SSSR count). The summed E-state index contributed by atoms with van der Waals surface area (Å²) in [6.45, 7) is 2.76. The fourth-order valence-corrected chi connectivity index (χ4v) is 3.19. The van der Waals surface area contributed by atoms with Crippen LogP contribution in [0, 0.1) is 5.41 Å². The van der Waals surface area contributed by atoms with Crippen molar-refractivity contribution in [1.82, 2.24) is 9.88 Å². The number of carbonyl (C=O) groups is 2. The number of piperidine rings is 1. The molecular formula is C15H19ClN2O3. The van der Waals surface area contributed by atoms with E-state index in [2.05, 4.69) is 4.98 Å². The van der Waals surface area contributed by atoms with Crippen LogP contribution in [0.1, 0.15) is 43.0 Å². The number of amides is 1. The fourth-order valence-electron chi connectivity index (χ4n) is 2.99. The van der Waals surface area contributed by atoms with Crippen LogP contribution in [0.25, 0.3) is 0 Å². The summed E-state index contributed by atoms with van der Waals surface area (Å²) in [6.07, 6.45) is 4.18. The van der Waals surface area contributed by atoms with Gasteiger partial charge in [-0.15, -0.1) is 0 Å². The third kappa shape index (κ3) is 3.18. The van der Waals surface area contributed by atoms with E-state index in [0.717, 1.165) is 6.42 Å². The average Bonchev–Trinajstić information content (AvgIpc) is 2.47. The number of aromatic nitrogens is 1. The van der Waals surface area contributed by atoms with Gasteiger partial charge < -0.3 is 10.0 Å². The van der Waals surface area contributed by atoms with E-state index in [1.54, 1.807) is 17.0 Å². The fraction of sp³-hybridized carbons (Fsp3) is 0.533. The number of carboxylic acids is 1. The van der Waals surface area contributed by atoms with Gasteiger partial charge in [-0.3, -0.25) is 9.59 Å². The van der Waals surface area contributed by atoms with Crippen LogP contribution in [0.5, 0.6) is 0 Å². The lowest BCUT2D eigenvalue weighted by atomic mass is 9.76. The van der Waals surface area contributed by atoms with E-state index in [9.17, 15) is 14.7 Å². The van der Waals surface area contributed by atoms with Gasteiger partial charge in [-0.05, 0) is 31.4 Å². The molecule has 1 aromatic heterocycles. The van der Waals surface area contributed by atoms with Gasteiger partial charge in [0.2, 0.25) is 0 Å². The summed E-state index contributed by atoms with van der Waals surface area (Å²) in [4.78, 5) is 29.7. The molecule has 1 amide bonds. The van der Waals surface area contributed by atoms with Gasteiger partial charge in [0.05, 0.1) is 11.0 Å². The van der Waals surface area contributed by atoms with Gasteiger partial charge in [0.15, 0.2) is 0 Å². The molecule has 0 bridgehead atoms. The molecule has 1 unspecified atom stereocenters. The highest BCUT2D eigenvalue weighted by atomic mass is 35.5. The van der Waals surface area contributed by atoms with Gasteiger partial charge in [-0.1, -0.05) is 24.9 Å². The highest BCUT2D eigenvalue weighted by molar-refractivity contribution is 6.32. The van der Waals surface area contributed by atoms with Crippen molar-refractivity contribution in [3.05, 3.63) is 29.0 Å². The third-order valence-electron chi connectivity index (χ3n) is 4.04. The van der Waals surface area contributed by atoms with Gasteiger partial charge in [-0.25, -0.2) is 4.98 Å². The van der Waals surface area contributed by atoms with Crippen LogP contribution in [-0.4, -0.2) is 40.0 Å². The van der Waals surface area contributed by atoms with Crippen LogP contribution in [-0.2, 0) is 4.79 Å². The van der Waals surface area contributed by atoms with E-state index in [0.29, 0.717) is 31.4 Å². The van der Waals surface area contributed by atoms with Gasteiger partial charge >= 0.3 is 5.97 Å². The van der Waals surface area contributed by atoms with Crippen molar-refractivity contribution in [2.45, 2.75) is 32.6 Å². The van der Waals surface area contributed by atoms with Crippen molar-refractivity contribution in [3.8, 4) is 0 Å². The Morgan fingerprint density at radius 2 is 2.29 bits per heavy atom. The van der Waals surface area contributed by atoms with Crippen LogP contribution in [0.3, 0.4) is 0 Å². The lowest BCUT2D eigenvalue weighted by Gasteiger charge is -2.40. The maximum atomic E-state index is 12.5. The molecule has 21 heavy (non-hydrogen) atoms. The maximum Gasteiger partial charge on any atom is 0.311 e. The highest BCUT2D eigenvalue weighted by Gasteiger charge is 2.43. The number of carboxylic acid groups (broad SMARTS) is 1. The zero-order valence-electron chi connectivity index (χ0n) is 12.0. The average molecular weight is 311 g/mol. The molecule has 1 aromatic rings. The standard InChI is InChI=1S/C15H19ClN2O3/c1-2-6-15(14(20)21)7-4-9-18(10-15)13(19)11-5-3-8-17-12(11)16/h3,5,8H,2,4,6-7,9-10H2,1H3,(H,20,21). The zero-order valence-corrected chi connectivity index (χ0v) is 12.8. The number of hydrogen-bond donors (Lipinski definition) is 1. The summed E-state index contributed by atoms with van der Waals surface area (Å²) in [7, 11) is 0. The van der Waals surface area contributed by atoms with Gasteiger partial charge in [0.25, 0.3) is 5.91 Å². The van der Waals surface area contributed by atoms with Crippen LogP contribution >= 0.6 is 11.6 Å². The topological polar surface area (TPSA) is 70.5 Å². The minimum absolute atomic E-state index is 0.157. The summed E-state index contributed by atoms with van der Waals surface area (Å²) in [5, 5.41) is 9.73. The number of pyridine rings is 1. The summed E-state index contributed by atoms with van der Waals surface area (Å²) < 4.78 is 0. The van der Waals surface area contributed by atoms with Crippen molar-refractivity contribution in [2.75, 3.05) is 13.1 Å². The van der Waals surface area contributed by atoms with Gasteiger partial charge in [0.1, 0.15) is 5.15 Å². The molecule has 1 fully saturated rings. The van der Waals surface area contributed by atoms with E-state index in [4.69, 9.17) is 11.6 Å². The van der Waals surface area contributed by atoms with Crippen LogP contribution in [0.15, 0.2) is 18.3 Å². The second kappa shape index (κ2) is 6.43. The lowest BCUT2D eigenvalue weighted by Crippen LogP contribution is -2.50. The predicted octanol–water partition coefficient (Wildman–Crippen LogP) is 2.84. The molecule has 2 heterocycles. The van der Waals surface area contributed by atoms with E-state index < -0.39 is 11.4 Å². The van der Waals surface area contributed by atoms with E-state index >= 15 is 0 Å². The first kappa shape index (κ1) is 15.8. The number of aliphatic carboxylic acids is 1. The smallest absolute Gasteiger partial charge is 0.311 e. The molecule has 0 radical (unpaired) electrons. The SMILES string of the molecule is CCCC1(C(=O)O)CCCN(C(=O)c2cccnc2Cl)C1. The summed E-state index contributed by atoms with van der Waals surface area (Å²) in [5.74, 6) is -1.06. The van der Waals surface area contributed by atoms with Crippen molar-refractivity contribution in [3.63, 3.8) is 0 Å². The minimum atomic E-state index is -0.836. The van der Waals surface area contributed by atoms with Crippen LogP contribution in [0.2, 0.25) is 5.15 Å². The number of halogens is 1. The van der Waals surface area contributed by atoms with E-state index in [1.807, 2.05) is 6.92 Å². The summed E-state index contributed by atoms with van der Waals surface area (Å²) in [5.41, 5.74) is -0.506. The first-order chi connectivity index (χ1) is 10.00. The number of hydrogen-bond acceptors (Lipinski definition) is 3. The zero-order chi connectivity index (χ0) is 15.5. The molecule has 0 aromatic carbocycles. The molecule has 0 saturated carbocycles. The number of nitrogens with zero attached hydrogens (tertiary/aromatic N) is 2. The monoisotopic (exact) mass is 310 g/mol. The van der Waals surface area contributed by atoms with Crippen molar-refractivity contribution in [2.24, 2.45) is 5.41 Å². The Labute approximate surface area is 128 Å². The largest absolute Gasteiger partial charge is 0.481 e. The Hall–Kier alpha value is -1.62. The van der Waals surface area contributed by atoms with E-state index in [1.165, 1.54) is 6.20 Å². The van der Waals surface area contributed by atoms with Crippen LogP contribution < -0.4 is 0 Å². The first-order valence-corrected chi connectivity index (χ1v) is 7.51. The lowest BCUT2D eigenvalue weighted by molar-refractivity contribution is -0.152. The molecule has 114 valence electrons. The van der Waals surface area contributed by atoms with Crippen molar-refractivity contribution in [1.29, 1.82) is 0 Å². The molecule has 5 nitrogen and oxygen atoms in total. The van der Waals surface area contributed by atoms with Crippen LogP contribution in [0.4, 0.5) is 0 Å². The molecule has 0 spiro atoms. The first-order valence-electron chi connectivity index (χ1n) is 7.13. The summed E-state index contributed by atoms with van der Waals surface area (Å²) >= 11 is 5.96.